The monoisotopic (exact) mass is 283 g/mol. The molecule has 1 amide bonds. The lowest BCUT2D eigenvalue weighted by atomic mass is 10.1. The van der Waals surface area contributed by atoms with E-state index in [1.54, 1.807) is 6.20 Å². The molecule has 0 unspecified atom stereocenters. The van der Waals surface area contributed by atoms with Crippen molar-refractivity contribution >= 4 is 28.7 Å². The van der Waals surface area contributed by atoms with E-state index in [2.05, 4.69) is 15.3 Å². The molecule has 0 saturated carbocycles. The average molecular weight is 283 g/mol. The fraction of sp³-hybridized carbons (Fsp3) is 0.133. The normalized spacial score (nSPS) is 20.1. The van der Waals surface area contributed by atoms with Gasteiger partial charge in [-0.15, -0.1) is 0 Å². The summed E-state index contributed by atoms with van der Waals surface area (Å²) in [6.07, 6.45) is 2.39. The molecule has 1 aliphatic heterocycles. The first-order valence-corrected chi connectivity index (χ1v) is 7.20. The van der Waals surface area contributed by atoms with Crippen molar-refractivity contribution in [2.24, 2.45) is 4.99 Å². The Morgan fingerprint density at radius 1 is 1.15 bits per heavy atom. The Morgan fingerprint density at radius 2 is 1.95 bits per heavy atom. The average Bonchev–Trinajstić information content (AvgIpc) is 2.81. The standard InChI is InChI=1S/C15H13N3OS/c19-14-12(10-11-6-2-1-3-7-11)20-15(18-14)17-13-8-4-5-9-16-13/h1-9,12H,10H2,(H,16,17,18,19)/t12-/m0/s1. The summed E-state index contributed by atoms with van der Waals surface area (Å²) < 4.78 is 0. The molecule has 1 N–H and O–H groups in total. The second kappa shape index (κ2) is 5.88. The van der Waals surface area contributed by atoms with Gasteiger partial charge in [-0.1, -0.05) is 48.2 Å². The van der Waals surface area contributed by atoms with E-state index in [1.165, 1.54) is 11.8 Å². The first-order chi connectivity index (χ1) is 9.81. The van der Waals surface area contributed by atoms with Crippen molar-refractivity contribution in [1.82, 2.24) is 10.3 Å². The van der Waals surface area contributed by atoms with Crippen molar-refractivity contribution in [1.29, 1.82) is 0 Å². The maximum Gasteiger partial charge on any atom is 0.239 e. The predicted octanol–water partition coefficient (Wildman–Crippen LogP) is 2.54. The number of carbonyl (C=O) groups excluding carboxylic acids is 1. The van der Waals surface area contributed by atoms with E-state index < -0.39 is 0 Å². The van der Waals surface area contributed by atoms with Gasteiger partial charge < -0.3 is 5.32 Å². The minimum Gasteiger partial charge on any atom is -0.304 e. The van der Waals surface area contributed by atoms with E-state index in [-0.39, 0.29) is 11.2 Å². The van der Waals surface area contributed by atoms with Crippen LogP contribution < -0.4 is 5.32 Å². The lowest BCUT2D eigenvalue weighted by Gasteiger charge is -2.04. The number of hydrogen-bond acceptors (Lipinski definition) is 4. The number of thioether (sulfide) groups is 1. The van der Waals surface area contributed by atoms with E-state index in [4.69, 9.17) is 0 Å². The Morgan fingerprint density at radius 3 is 2.70 bits per heavy atom. The molecule has 0 bridgehead atoms. The number of nitrogens with one attached hydrogen (secondary N) is 1. The molecule has 2 heterocycles. The molecule has 1 aliphatic rings. The van der Waals surface area contributed by atoms with E-state index >= 15 is 0 Å². The highest BCUT2D eigenvalue weighted by Crippen LogP contribution is 2.24. The maximum absolute atomic E-state index is 11.9. The minimum atomic E-state index is -0.125. The summed E-state index contributed by atoms with van der Waals surface area (Å²) in [6, 6.07) is 15.5. The fourth-order valence-electron chi connectivity index (χ4n) is 1.94. The molecule has 5 heteroatoms. The van der Waals surface area contributed by atoms with Crippen LogP contribution in [0.1, 0.15) is 5.56 Å². The Labute approximate surface area is 121 Å². The number of aliphatic imine (C=N–C) groups is 1. The molecular formula is C15H13N3OS. The lowest BCUT2D eigenvalue weighted by molar-refractivity contribution is -0.118. The van der Waals surface area contributed by atoms with Crippen LogP contribution >= 0.6 is 11.8 Å². The van der Waals surface area contributed by atoms with Gasteiger partial charge >= 0.3 is 0 Å². The Balaban J connectivity index is 1.71. The quantitative estimate of drug-likeness (QED) is 0.941. The summed E-state index contributed by atoms with van der Waals surface area (Å²) in [5, 5.41) is 3.30. The zero-order chi connectivity index (χ0) is 13.8. The number of pyridine rings is 1. The van der Waals surface area contributed by atoms with E-state index in [0.29, 0.717) is 17.4 Å². The number of benzene rings is 1. The molecule has 4 nitrogen and oxygen atoms in total. The number of amides is 1. The van der Waals surface area contributed by atoms with Crippen LogP contribution in [0.3, 0.4) is 0 Å². The summed E-state index contributed by atoms with van der Waals surface area (Å²) in [4.78, 5) is 20.4. The van der Waals surface area contributed by atoms with Crippen molar-refractivity contribution < 1.29 is 4.79 Å². The molecule has 100 valence electrons. The largest absolute Gasteiger partial charge is 0.304 e. The summed E-state index contributed by atoms with van der Waals surface area (Å²) in [7, 11) is 0. The smallest absolute Gasteiger partial charge is 0.239 e. The molecule has 0 spiro atoms. The predicted molar refractivity (Wildman–Crippen MR) is 81.0 cm³/mol. The molecule has 1 saturated heterocycles. The van der Waals surface area contributed by atoms with Gasteiger partial charge in [-0.25, -0.2) is 9.98 Å². The van der Waals surface area contributed by atoms with Crippen molar-refractivity contribution in [3.63, 3.8) is 0 Å². The van der Waals surface area contributed by atoms with Crippen LogP contribution in [0.25, 0.3) is 0 Å². The number of aromatic nitrogens is 1. The first kappa shape index (κ1) is 12.9. The van der Waals surface area contributed by atoms with Gasteiger partial charge in [0.15, 0.2) is 11.0 Å². The highest BCUT2D eigenvalue weighted by Gasteiger charge is 2.30. The van der Waals surface area contributed by atoms with Gasteiger partial charge in [-0.2, -0.15) is 0 Å². The van der Waals surface area contributed by atoms with Gasteiger partial charge in [-0.3, -0.25) is 4.79 Å². The number of rotatable bonds is 3. The third-order valence-corrected chi connectivity index (χ3v) is 3.99. The van der Waals surface area contributed by atoms with Gasteiger partial charge in [0, 0.05) is 6.20 Å². The molecule has 3 rings (SSSR count). The minimum absolute atomic E-state index is 0.00790. The topological polar surface area (TPSA) is 54.4 Å². The van der Waals surface area contributed by atoms with Gasteiger partial charge in [0.2, 0.25) is 5.91 Å². The van der Waals surface area contributed by atoms with Crippen LogP contribution in [0.5, 0.6) is 0 Å². The highest BCUT2D eigenvalue weighted by atomic mass is 32.2. The first-order valence-electron chi connectivity index (χ1n) is 6.32. The van der Waals surface area contributed by atoms with Crippen LogP contribution in [0, 0.1) is 0 Å². The van der Waals surface area contributed by atoms with Crippen molar-refractivity contribution in [3.05, 3.63) is 60.3 Å². The Kier molecular flexibility index (Phi) is 3.78. The van der Waals surface area contributed by atoms with Gasteiger partial charge in [0.1, 0.15) is 0 Å². The third-order valence-electron chi connectivity index (χ3n) is 2.91. The molecule has 1 aromatic heterocycles. The summed E-state index contributed by atoms with van der Waals surface area (Å²) >= 11 is 1.46. The Bertz CT molecular complexity index is 628. The molecular weight excluding hydrogens is 270 g/mol. The highest BCUT2D eigenvalue weighted by molar-refractivity contribution is 8.15. The summed E-state index contributed by atoms with van der Waals surface area (Å²) in [6.45, 7) is 0. The van der Waals surface area contributed by atoms with Crippen LogP contribution in [0.2, 0.25) is 0 Å². The van der Waals surface area contributed by atoms with E-state index in [1.807, 2.05) is 48.5 Å². The van der Waals surface area contributed by atoms with Crippen molar-refractivity contribution in [3.8, 4) is 0 Å². The van der Waals surface area contributed by atoms with Gasteiger partial charge in [-0.05, 0) is 24.1 Å². The number of nitrogens with zero attached hydrogens (tertiary/aromatic N) is 2. The zero-order valence-electron chi connectivity index (χ0n) is 10.7. The van der Waals surface area contributed by atoms with Gasteiger partial charge in [0.05, 0.1) is 5.25 Å². The van der Waals surface area contributed by atoms with Crippen LogP contribution in [-0.4, -0.2) is 21.3 Å². The number of amidine groups is 1. The van der Waals surface area contributed by atoms with Crippen LogP contribution in [0.4, 0.5) is 5.82 Å². The molecule has 0 radical (unpaired) electrons. The SMILES string of the molecule is O=C1N/C(=N\c2ccccn2)S[C@H]1Cc1ccccc1. The second-order valence-corrected chi connectivity index (χ2v) is 5.58. The summed E-state index contributed by atoms with van der Waals surface area (Å²) in [5.74, 6) is 0.615. The summed E-state index contributed by atoms with van der Waals surface area (Å²) in [5.41, 5.74) is 1.15. The number of carbonyl (C=O) groups is 1. The van der Waals surface area contributed by atoms with Gasteiger partial charge in [0.25, 0.3) is 0 Å². The number of hydrogen-bond donors (Lipinski definition) is 1. The second-order valence-electron chi connectivity index (χ2n) is 4.39. The zero-order valence-corrected chi connectivity index (χ0v) is 11.5. The van der Waals surface area contributed by atoms with Crippen LogP contribution in [0.15, 0.2) is 59.7 Å². The van der Waals surface area contributed by atoms with Crippen LogP contribution in [-0.2, 0) is 11.2 Å². The molecule has 0 aliphatic carbocycles. The molecule has 1 aromatic carbocycles. The van der Waals surface area contributed by atoms with E-state index in [0.717, 1.165) is 5.56 Å². The molecule has 1 fully saturated rings. The molecule has 2 aromatic rings. The van der Waals surface area contributed by atoms with E-state index in [9.17, 15) is 4.79 Å². The fourth-order valence-corrected chi connectivity index (χ4v) is 2.96. The van der Waals surface area contributed by atoms with Crippen molar-refractivity contribution in [2.45, 2.75) is 11.7 Å². The third kappa shape index (κ3) is 3.05. The Hall–Kier alpha value is -2.14. The molecule has 20 heavy (non-hydrogen) atoms. The van der Waals surface area contributed by atoms with Crippen molar-refractivity contribution in [2.75, 3.05) is 0 Å². The maximum atomic E-state index is 11.9. The lowest BCUT2D eigenvalue weighted by Crippen LogP contribution is -2.25. The molecule has 1 atom stereocenters.